The van der Waals surface area contributed by atoms with Crippen LogP contribution in [0.2, 0.25) is 0 Å². The lowest BCUT2D eigenvalue weighted by Crippen LogP contribution is -2.42. The molecule has 1 amide bonds. The van der Waals surface area contributed by atoms with Gasteiger partial charge in [-0.1, -0.05) is 6.07 Å². The van der Waals surface area contributed by atoms with Gasteiger partial charge in [-0.25, -0.2) is 8.42 Å². The van der Waals surface area contributed by atoms with Crippen LogP contribution >= 0.6 is 0 Å². The molecule has 1 atom stereocenters. The summed E-state index contributed by atoms with van der Waals surface area (Å²) in [6, 6.07) is 2.00. The van der Waals surface area contributed by atoms with Gasteiger partial charge in [-0.3, -0.25) is 9.59 Å². The normalized spacial score (nSPS) is 17.0. The van der Waals surface area contributed by atoms with Gasteiger partial charge in [0.2, 0.25) is 10.0 Å². The van der Waals surface area contributed by atoms with Crippen LogP contribution in [0.3, 0.4) is 0 Å². The van der Waals surface area contributed by atoms with Gasteiger partial charge in [-0.15, -0.1) is 0 Å². The van der Waals surface area contributed by atoms with E-state index in [0.717, 1.165) is 22.3 Å². The standard InChI is InChI=1S/C21H32N2O5S/c1-7-22-20(24)17(6)28-21(25)18-8-10-23(11-9-18)29(26,27)19-15(4)13(2)12-14(3)16(19)5/h12,17-18H,7-11H2,1-6H3,(H,22,24)/t17-/m0/s1. The number of sulfonamides is 1. The number of ether oxygens (including phenoxy) is 1. The zero-order chi connectivity index (χ0) is 21.9. The minimum Gasteiger partial charge on any atom is -0.452 e. The van der Waals surface area contributed by atoms with E-state index in [1.807, 2.05) is 33.8 Å². The molecule has 2 rings (SSSR count). The van der Waals surface area contributed by atoms with Crippen LogP contribution in [0.1, 0.15) is 48.9 Å². The zero-order valence-electron chi connectivity index (χ0n) is 18.2. The Kier molecular flexibility index (Phi) is 7.45. The molecule has 1 fully saturated rings. The topological polar surface area (TPSA) is 92.8 Å². The number of likely N-dealkylation sites (N-methyl/N-ethyl adjacent to an activating group) is 1. The number of esters is 1. The number of aryl methyl sites for hydroxylation is 2. The summed E-state index contributed by atoms with van der Waals surface area (Å²) in [4.78, 5) is 24.5. The number of carbonyl (C=O) groups excluding carboxylic acids is 2. The van der Waals surface area contributed by atoms with Gasteiger partial charge in [-0.05, 0) is 76.6 Å². The summed E-state index contributed by atoms with van der Waals surface area (Å²) in [5, 5.41) is 2.61. The van der Waals surface area contributed by atoms with Crippen LogP contribution < -0.4 is 5.32 Å². The van der Waals surface area contributed by atoms with Crippen molar-refractivity contribution >= 4 is 21.9 Å². The molecule has 162 valence electrons. The molecule has 1 aromatic carbocycles. The van der Waals surface area contributed by atoms with E-state index in [2.05, 4.69) is 5.32 Å². The van der Waals surface area contributed by atoms with Gasteiger partial charge in [-0.2, -0.15) is 4.31 Å². The van der Waals surface area contributed by atoms with Gasteiger partial charge in [0, 0.05) is 19.6 Å². The van der Waals surface area contributed by atoms with Gasteiger partial charge < -0.3 is 10.1 Å². The summed E-state index contributed by atoms with van der Waals surface area (Å²) in [6.45, 7) is 11.8. The van der Waals surface area contributed by atoms with Crippen molar-refractivity contribution in [2.45, 2.75) is 65.4 Å². The Hall–Kier alpha value is -1.93. The number of hydrogen-bond acceptors (Lipinski definition) is 5. The smallest absolute Gasteiger partial charge is 0.309 e. The maximum Gasteiger partial charge on any atom is 0.309 e. The monoisotopic (exact) mass is 424 g/mol. The van der Waals surface area contributed by atoms with Crippen molar-refractivity contribution in [2.75, 3.05) is 19.6 Å². The fourth-order valence-electron chi connectivity index (χ4n) is 3.67. The molecule has 0 aromatic heterocycles. The van der Waals surface area contributed by atoms with Crippen LogP contribution in [0.15, 0.2) is 11.0 Å². The van der Waals surface area contributed by atoms with Gasteiger partial charge in [0.15, 0.2) is 6.10 Å². The van der Waals surface area contributed by atoms with Crippen molar-refractivity contribution in [1.29, 1.82) is 0 Å². The van der Waals surface area contributed by atoms with Crippen LogP contribution in [0.4, 0.5) is 0 Å². The maximum absolute atomic E-state index is 13.3. The summed E-state index contributed by atoms with van der Waals surface area (Å²) >= 11 is 0. The number of carbonyl (C=O) groups is 2. The van der Waals surface area contributed by atoms with Crippen molar-refractivity contribution < 1.29 is 22.7 Å². The molecule has 0 bridgehead atoms. The van der Waals surface area contributed by atoms with Crippen molar-refractivity contribution in [2.24, 2.45) is 5.92 Å². The summed E-state index contributed by atoms with van der Waals surface area (Å²) in [5.41, 5.74) is 3.43. The number of hydrogen-bond donors (Lipinski definition) is 1. The summed E-state index contributed by atoms with van der Waals surface area (Å²) in [6.07, 6.45) is -0.101. The second-order valence-corrected chi connectivity index (χ2v) is 9.62. The highest BCUT2D eigenvalue weighted by Crippen LogP contribution is 2.31. The molecular weight excluding hydrogens is 392 g/mol. The average molecular weight is 425 g/mol. The number of rotatable bonds is 6. The molecule has 1 aliphatic heterocycles. The Morgan fingerprint density at radius 1 is 1.14 bits per heavy atom. The quantitative estimate of drug-likeness (QED) is 0.708. The van der Waals surface area contributed by atoms with E-state index in [0.29, 0.717) is 24.3 Å². The maximum atomic E-state index is 13.3. The number of nitrogens with zero attached hydrogens (tertiary/aromatic N) is 1. The van der Waals surface area contributed by atoms with E-state index in [1.165, 1.54) is 11.2 Å². The number of amides is 1. The van der Waals surface area contributed by atoms with Gasteiger partial charge >= 0.3 is 5.97 Å². The summed E-state index contributed by atoms with van der Waals surface area (Å²) in [5.74, 6) is -1.18. The summed E-state index contributed by atoms with van der Waals surface area (Å²) < 4.78 is 33.3. The van der Waals surface area contributed by atoms with E-state index in [1.54, 1.807) is 6.92 Å². The highest BCUT2D eigenvalue weighted by molar-refractivity contribution is 7.89. The van der Waals surface area contributed by atoms with Crippen LogP contribution in [0.25, 0.3) is 0 Å². The molecule has 1 saturated heterocycles. The highest BCUT2D eigenvalue weighted by Gasteiger charge is 2.35. The largest absolute Gasteiger partial charge is 0.452 e. The molecule has 0 unspecified atom stereocenters. The molecule has 1 N–H and O–H groups in total. The molecular formula is C21H32N2O5S. The van der Waals surface area contributed by atoms with Crippen LogP contribution in [-0.2, 0) is 24.3 Å². The fourth-order valence-corrected chi connectivity index (χ4v) is 5.72. The molecule has 1 heterocycles. The number of benzene rings is 1. The van der Waals surface area contributed by atoms with Crippen molar-refractivity contribution in [3.8, 4) is 0 Å². The van der Waals surface area contributed by atoms with Crippen LogP contribution in [0, 0.1) is 33.6 Å². The lowest BCUT2D eigenvalue weighted by molar-refractivity contribution is -0.159. The van der Waals surface area contributed by atoms with Crippen LogP contribution in [-0.4, -0.2) is 50.3 Å². The molecule has 0 spiro atoms. The molecule has 0 saturated carbocycles. The predicted octanol–water partition coefficient (Wildman–Crippen LogP) is 2.39. The van der Waals surface area contributed by atoms with Crippen molar-refractivity contribution in [1.82, 2.24) is 9.62 Å². The SMILES string of the molecule is CCNC(=O)[C@H](C)OC(=O)C1CCN(S(=O)(=O)c2c(C)c(C)cc(C)c2C)CC1. The Balaban J connectivity index is 2.09. The Bertz CT molecular complexity index is 861. The first-order valence-corrected chi connectivity index (χ1v) is 11.5. The molecule has 8 heteroatoms. The lowest BCUT2D eigenvalue weighted by Gasteiger charge is -2.31. The minimum atomic E-state index is -3.64. The third-order valence-corrected chi connectivity index (χ3v) is 7.87. The van der Waals surface area contributed by atoms with Gasteiger partial charge in [0.05, 0.1) is 10.8 Å². The first-order valence-electron chi connectivity index (χ1n) is 10.1. The average Bonchev–Trinajstić information content (AvgIpc) is 2.66. The van der Waals surface area contributed by atoms with Gasteiger partial charge in [0.25, 0.3) is 5.91 Å². The zero-order valence-corrected chi connectivity index (χ0v) is 19.0. The van der Waals surface area contributed by atoms with Gasteiger partial charge in [0.1, 0.15) is 0 Å². The molecule has 1 aromatic rings. The minimum absolute atomic E-state index is 0.253. The highest BCUT2D eigenvalue weighted by atomic mass is 32.2. The van der Waals surface area contributed by atoms with E-state index in [-0.39, 0.29) is 19.0 Å². The molecule has 0 radical (unpaired) electrons. The van der Waals surface area contributed by atoms with E-state index in [4.69, 9.17) is 4.74 Å². The first-order chi connectivity index (χ1) is 13.5. The van der Waals surface area contributed by atoms with E-state index < -0.39 is 28.0 Å². The molecule has 0 aliphatic carbocycles. The van der Waals surface area contributed by atoms with E-state index >= 15 is 0 Å². The van der Waals surface area contributed by atoms with E-state index in [9.17, 15) is 18.0 Å². The first kappa shape index (κ1) is 23.3. The number of nitrogens with one attached hydrogen (secondary N) is 1. The predicted molar refractivity (Wildman–Crippen MR) is 111 cm³/mol. The Labute approximate surface area is 173 Å². The third kappa shape index (κ3) is 4.98. The third-order valence-electron chi connectivity index (χ3n) is 5.70. The number of piperidine rings is 1. The lowest BCUT2D eigenvalue weighted by atomic mass is 9.98. The molecule has 1 aliphatic rings. The molecule has 7 nitrogen and oxygen atoms in total. The second-order valence-electron chi connectivity index (χ2n) is 7.74. The Morgan fingerprint density at radius 3 is 2.14 bits per heavy atom. The van der Waals surface area contributed by atoms with Crippen molar-refractivity contribution in [3.05, 3.63) is 28.3 Å². The van der Waals surface area contributed by atoms with Crippen LogP contribution in [0.5, 0.6) is 0 Å². The Morgan fingerprint density at radius 2 is 1.66 bits per heavy atom. The van der Waals surface area contributed by atoms with Crippen molar-refractivity contribution in [3.63, 3.8) is 0 Å². The molecule has 29 heavy (non-hydrogen) atoms. The fraction of sp³-hybridized carbons (Fsp3) is 0.619. The second kappa shape index (κ2) is 9.26. The summed E-state index contributed by atoms with van der Waals surface area (Å²) in [7, 11) is -3.64.